The van der Waals surface area contributed by atoms with Crippen molar-refractivity contribution in [2.75, 3.05) is 37.2 Å². The fourth-order valence-electron chi connectivity index (χ4n) is 2.75. The summed E-state index contributed by atoms with van der Waals surface area (Å²) < 4.78 is 8.33. The third-order valence-electron chi connectivity index (χ3n) is 4.08. The molecule has 2 heterocycles. The largest absolute Gasteiger partial charge is 0.497 e. The van der Waals surface area contributed by atoms with Crippen molar-refractivity contribution < 1.29 is 9.14 Å². The number of nitrogen functional groups attached to an aromatic ring is 1. The van der Waals surface area contributed by atoms with Crippen molar-refractivity contribution >= 4 is 49.8 Å². The second-order valence-electron chi connectivity index (χ2n) is 6.03. The topological polar surface area (TPSA) is 80.4 Å². The maximum Gasteiger partial charge on any atom is 0.362 e. The number of nitrogens with zero attached hydrogens (tertiary/aromatic N) is 4. The molecule has 0 amide bonds. The van der Waals surface area contributed by atoms with Gasteiger partial charge in [-0.2, -0.15) is 4.40 Å². The number of hydrogen-bond donors (Lipinski definition) is 2. The Labute approximate surface area is 154 Å². The van der Waals surface area contributed by atoms with Crippen molar-refractivity contribution in [3.8, 4) is 5.75 Å². The number of nitrogens with two attached hydrogens (primary N) is 1. The van der Waals surface area contributed by atoms with Gasteiger partial charge >= 0.3 is 16.9 Å². The number of methoxy groups -OCH3 is 1. The summed E-state index contributed by atoms with van der Waals surface area (Å²) in [4.78, 5) is 11.6. The van der Waals surface area contributed by atoms with E-state index in [-0.39, 0.29) is 5.95 Å². The first kappa shape index (κ1) is 16.3. The smallest absolute Gasteiger partial charge is 0.362 e. The number of aromatic nitrogens is 3. The van der Waals surface area contributed by atoms with Gasteiger partial charge < -0.3 is 15.4 Å². The van der Waals surface area contributed by atoms with Crippen molar-refractivity contribution in [2.45, 2.75) is 0 Å². The third kappa shape index (κ3) is 2.84. The van der Waals surface area contributed by atoms with Gasteiger partial charge in [0.1, 0.15) is 11.3 Å². The number of benzene rings is 2. The van der Waals surface area contributed by atoms with Gasteiger partial charge in [0.25, 0.3) is 0 Å². The van der Waals surface area contributed by atoms with Gasteiger partial charge in [-0.25, -0.2) is 0 Å². The molecule has 0 bridgehead atoms. The van der Waals surface area contributed by atoms with Crippen molar-refractivity contribution in [2.24, 2.45) is 0 Å². The average Bonchev–Trinajstić information content (AvgIpc) is 2.99. The first-order chi connectivity index (χ1) is 12.5. The van der Waals surface area contributed by atoms with Crippen LogP contribution in [0.3, 0.4) is 0 Å². The molecule has 4 aromatic rings. The van der Waals surface area contributed by atoms with Gasteiger partial charge in [0.2, 0.25) is 0 Å². The molecule has 2 aromatic carbocycles. The number of hydrogen-bond acceptors (Lipinski definition) is 7. The van der Waals surface area contributed by atoms with E-state index in [0.717, 1.165) is 32.3 Å². The van der Waals surface area contributed by atoms with Gasteiger partial charge in [-0.3, -0.25) is 5.32 Å². The fraction of sp³-hybridized carbons (Fsp3) is 0.167. The Hall–Kier alpha value is -3.13. The minimum Gasteiger partial charge on any atom is -0.497 e. The third-order valence-corrected chi connectivity index (χ3v) is 5.09. The van der Waals surface area contributed by atoms with E-state index in [9.17, 15) is 0 Å². The molecule has 8 heteroatoms. The Bertz CT molecular complexity index is 1090. The van der Waals surface area contributed by atoms with Gasteiger partial charge in [0.15, 0.2) is 0 Å². The molecule has 4 rings (SSSR count). The Balaban J connectivity index is 1.83. The molecular formula is C18H19N6OS+. The summed E-state index contributed by atoms with van der Waals surface area (Å²) in [6, 6.07) is 14.0. The number of ether oxygens (including phenoxy) is 1. The highest BCUT2D eigenvalue weighted by molar-refractivity contribution is 7.22. The highest BCUT2D eigenvalue weighted by Crippen LogP contribution is 2.27. The Kier molecular flexibility index (Phi) is 3.96. The van der Waals surface area contributed by atoms with E-state index >= 15 is 0 Å². The zero-order valence-electron chi connectivity index (χ0n) is 14.7. The van der Waals surface area contributed by atoms with E-state index in [4.69, 9.17) is 10.5 Å². The van der Waals surface area contributed by atoms with Crippen molar-refractivity contribution in [1.82, 2.24) is 9.97 Å². The predicted molar refractivity (Wildman–Crippen MR) is 106 cm³/mol. The summed E-state index contributed by atoms with van der Waals surface area (Å²) in [5.41, 5.74) is 8.97. The van der Waals surface area contributed by atoms with Crippen LogP contribution in [-0.4, -0.2) is 31.2 Å². The summed E-state index contributed by atoms with van der Waals surface area (Å²) >= 11 is 1.54. The molecule has 0 aliphatic rings. The molecule has 0 fully saturated rings. The molecule has 0 saturated heterocycles. The SMILES string of the molecule is COc1ccc2c(c1)sc1nc(N)nc(Nc3ccc(N(C)C)cc3)[n+]12. The zero-order valence-corrected chi connectivity index (χ0v) is 15.5. The number of thiazole rings is 1. The molecule has 132 valence electrons. The van der Waals surface area contributed by atoms with Crippen LogP contribution in [0.1, 0.15) is 0 Å². The number of fused-ring (bicyclic) bond motifs is 3. The minimum absolute atomic E-state index is 0.232. The maximum absolute atomic E-state index is 5.92. The Morgan fingerprint density at radius 2 is 1.88 bits per heavy atom. The van der Waals surface area contributed by atoms with Gasteiger partial charge in [0, 0.05) is 25.8 Å². The van der Waals surface area contributed by atoms with E-state index in [0.29, 0.717) is 5.95 Å². The van der Waals surface area contributed by atoms with Crippen molar-refractivity contribution in [1.29, 1.82) is 0 Å². The van der Waals surface area contributed by atoms with Crippen molar-refractivity contribution in [3.63, 3.8) is 0 Å². The summed E-state index contributed by atoms with van der Waals surface area (Å²) in [6.45, 7) is 0. The molecule has 0 aliphatic carbocycles. The molecule has 0 saturated carbocycles. The summed E-state index contributed by atoms with van der Waals surface area (Å²) in [7, 11) is 5.68. The Morgan fingerprint density at radius 3 is 2.58 bits per heavy atom. The van der Waals surface area contributed by atoms with Crippen LogP contribution in [0.15, 0.2) is 42.5 Å². The van der Waals surface area contributed by atoms with Crippen LogP contribution in [0.2, 0.25) is 0 Å². The summed E-state index contributed by atoms with van der Waals surface area (Å²) in [6.07, 6.45) is 0. The fourth-order valence-corrected chi connectivity index (χ4v) is 3.80. The van der Waals surface area contributed by atoms with Crippen molar-refractivity contribution in [3.05, 3.63) is 42.5 Å². The predicted octanol–water partition coefficient (Wildman–Crippen LogP) is 2.83. The zero-order chi connectivity index (χ0) is 18.3. The summed E-state index contributed by atoms with van der Waals surface area (Å²) in [5, 5.41) is 3.35. The molecule has 0 spiro atoms. The normalized spacial score (nSPS) is 11.0. The molecule has 7 nitrogen and oxygen atoms in total. The van der Waals surface area contributed by atoms with Crippen LogP contribution in [0, 0.1) is 0 Å². The van der Waals surface area contributed by atoms with Crippen LogP contribution in [-0.2, 0) is 0 Å². The second-order valence-corrected chi connectivity index (χ2v) is 7.03. The van der Waals surface area contributed by atoms with E-state index in [1.807, 2.05) is 61.0 Å². The standard InChI is InChI=1S/C18H18N6OS/c1-23(2)12-6-4-11(5-7-12)20-17-21-16(19)22-18-24(17)14-9-8-13(25-3)10-15(14)26-18/h4-10H,1-3H3,(H2,19,20,21)/p+1. The van der Waals surface area contributed by atoms with Crippen LogP contribution < -0.4 is 25.1 Å². The lowest BCUT2D eigenvalue weighted by atomic mass is 10.2. The lowest BCUT2D eigenvalue weighted by Crippen LogP contribution is -2.27. The van der Waals surface area contributed by atoms with Crippen LogP contribution in [0.25, 0.3) is 15.2 Å². The molecule has 0 atom stereocenters. The molecule has 26 heavy (non-hydrogen) atoms. The van der Waals surface area contributed by atoms with E-state index in [2.05, 4.69) is 20.2 Å². The quantitative estimate of drug-likeness (QED) is 0.540. The lowest BCUT2D eigenvalue weighted by molar-refractivity contribution is -0.467. The van der Waals surface area contributed by atoms with Crippen LogP contribution in [0.5, 0.6) is 5.75 Å². The van der Waals surface area contributed by atoms with Crippen LogP contribution in [0.4, 0.5) is 23.3 Å². The van der Waals surface area contributed by atoms with Gasteiger partial charge in [-0.15, -0.1) is 0 Å². The number of rotatable bonds is 4. The monoisotopic (exact) mass is 367 g/mol. The molecule has 0 radical (unpaired) electrons. The van der Waals surface area contributed by atoms with E-state index < -0.39 is 0 Å². The lowest BCUT2D eigenvalue weighted by Gasteiger charge is -2.12. The average molecular weight is 367 g/mol. The molecular weight excluding hydrogens is 348 g/mol. The molecule has 0 aliphatic heterocycles. The number of nitrogens with one attached hydrogen (secondary N) is 1. The van der Waals surface area contributed by atoms with Gasteiger partial charge in [0.05, 0.1) is 17.5 Å². The van der Waals surface area contributed by atoms with Gasteiger partial charge in [-0.05, 0) is 36.4 Å². The maximum atomic E-state index is 5.92. The van der Waals surface area contributed by atoms with E-state index in [1.165, 1.54) is 0 Å². The van der Waals surface area contributed by atoms with Crippen LogP contribution >= 0.6 is 11.3 Å². The highest BCUT2D eigenvalue weighted by Gasteiger charge is 2.20. The first-order valence-corrected chi connectivity index (χ1v) is 8.87. The number of anilines is 4. The highest BCUT2D eigenvalue weighted by atomic mass is 32.1. The van der Waals surface area contributed by atoms with Gasteiger partial charge in [-0.1, -0.05) is 21.3 Å². The molecule has 3 N–H and O–H groups in total. The second kappa shape index (κ2) is 6.30. The minimum atomic E-state index is 0.232. The Morgan fingerprint density at radius 1 is 1.12 bits per heavy atom. The molecule has 0 unspecified atom stereocenters. The summed E-state index contributed by atoms with van der Waals surface area (Å²) in [5.74, 6) is 1.66. The van der Waals surface area contributed by atoms with E-state index in [1.54, 1.807) is 18.4 Å². The first-order valence-electron chi connectivity index (χ1n) is 8.05. The molecule has 2 aromatic heterocycles.